The van der Waals surface area contributed by atoms with E-state index in [0.717, 1.165) is 35.2 Å². The molecule has 3 rings (SSSR count). The van der Waals surface area contributed by atoms with Gasteiger partial charge in [-0.2, -0.15) is 0 Å². The van der Waals surface area contributed by atoms with Gasteiger partial charge in [-0.15, -0.1) is 11.3 Å². The number of nitrogens with zero attached hydrogens (tertiary/aromatic N) is 3. The van der Waals surface area contributed by atoms with Crippen molar-refractivity contribution in [3.8, 4) is 5.75 Å². The molecular weight excluding hydrogens is 358 g/mol. The second-order valence-electron chi connectivity index (χ2n) is 7.22. The lowest BCUT2D eigenvalue weighted by Gasteiger charge is -2.24. The first kappa shape index (κ1) is 19.6. The highest BCUT2D eigenvalue weighted by atomic mass is 32.1. The normalized spacial score (nSPS) is 11.6. The number of thiazole rings is 1. The molecule has 0 aliphatic heterocycles. The van der Waals surface area contributed by atoms with E-state index in [2.05, 4.69) is 30.9 Å². The molecule has 0 unspecified atom stereocenters. The van der Waals surface area contributed by atoms with Crippen molar-refractivity contribution in [2.24, 2.45) is 5.92 Å². The van der Waals surface area contributed by atoms with Crippen LogP contribution < -0.4 is 10.3 Å². The van der Waals surface area contributed by atoms with E-state index in [1.807, 2.05) is 31.4 Å². The quantitative estimate of drug-likeness (QED) is 0.585. The van der Waals surface area contributed by atoms with Crippen molar-refractivity contribution < 1.29 is 4.74 Å². The second kappa shape index (κ2) is 8.67. The Kier molecular flexibility index (Phi) is 6.29. The average molecular weight is 386 g/mol. The van der Waals surface area contributed by atoms with E-state index in [0.29, 0.717) is 19.1 Å². The van der Waals surface area contributed by atoms with Crippen molar-refractivity contribution in [3.63, 3.8) is 0 Å². The van der Waals surface area contributed by atoms with Gasteiger partial charge in [0.2, 0.25) is 0 Å². The molecule has 0 bridgehead atoms. The number of fused-ring (bicyclic) bond motifs is 1. The predicted octanol–water partition coefficient (Wildman–Crippen LogP) is 4.12. The summed E-state index contributed by atoms with van der Waals surface area (Å²) in [7, 11) is 0. The predicted molar refractivity (Wildman–Crippen MR) is 111 cm³/mol. The summed E-state index contributed by atoms with van der Waals surface area (Å²) in [6.45, 7) is 11.4. The molecule has 0 saturated heterocycles. The Morgan fingerprint density at radius 3 is 2.63 bits per heavy atom. The Labute approximate surface area is 164 Å². The number of hydrogen-bond acceptors (Lipinski definition) is 5. The molecule has 0 N–H and O–H groups in total. The minimum Gasteiger partial charge on any atom is -0.494 e. The Morgan fingerprint density at radius 2 is 1.96 bits per heavy atom. The van der Waals surface area contributed by atoms with Crippen molar-refractivity contribution in [2.45, 2.75) is 40.8 Å². The first-order chi connectivity index (χ1) is 13.0. The molecule has 0 amide bonds. The van der Waals surface area contributed by atoms with Crippen LogP contribution >= 0.6 is 11.3 Å². The summed E-state index contributed by atoms with van der Waals surface area (Å²) in [5.74, 6) is 1.42. The first-order valence-corrected chi connectivity index (χ1v) is 10.2. The average Bonchev–Trinajstić information content (AvgIpc) is 2.97. The zero-order valence-corrected chi connectivity index (χ0v) is 17.3. The lowest BCUT2D eigenvalue weighted by molar-refractivity contribution is 0.225. The van der Waals surface area contributed by atoms with E-state index in [1.54, 1.807) is 10.5 Å². The molecule has 5 nitrogen and oxygen atoms in total. The standard InChI is InChI=1S/C21H27N3O2S/c1-5-26-19-8-6-17(7-9-19)12-23(11-15(2)3)13-18-10-20(25)24-16(4)14-27-21(24)22-18/h6-10,14-15H,5,11-13H2,1-4H3. The third-order valence-electron chi connectivity index (χ3n) is 4.28. The van der Waals surface area contributed by atoms with Gasteiger partial charge in [-0.1, -0.05) is 26.0 Å². The van der Waals surface area contributed by atoms with Crippen molar-refractivity contribution in [3.05, 3.63) is 63.0 Å². The zero-order valence-electron chi connectivity index (χ0n) is 16.4. The molecule has 2 heterocycles. The van der Waals surface area contributed by atoms with Gasteiger partial charge >= 0.3 is 0 Å². The van der Waals surface area contributed by atoms with Gasteiger partial charge in [0.15, 0.2) is 4.96 Å². The highest BCUT2D eigenvalue weighted by Gasteiger charge is 2.13. The van der Waals surface area contributed by atoms with E-state index in [-0.39, 0.29) is 5.56 Å². The Morgan fingerprint density at radius 1 is 1.22 bits per heavy atom. The Hall–Kier alpha value is -2.18. The van der Waals surface area contributed by atoms with Crippen molar-refractivity contribution >= 4 is 16.3 Å². The fraction of sp³-hybridized carbons (Fsp3) is 0.429. The van der Waals surface area contributed by atoms with Crippen LogP contribution in [0.15, 0.2) is 40.5 Å². The molecule has 0 aliphatic carbocycles. The number of benzene rings is 1. The van der Waals surface area contributed by atoms with Crippen molar-refractivity contribution in [1.82, 2.24) is 14.3 Å². The fourth-order valence-corrected chi connectivity index (χ4v) is 4.12. The summed E-state index contributed by atoms with van der Waals surface area (Å²) >= 11 is 1.51. The molecule has 0 fully saturated rings. The van der Waals surface area contributed by atoms with Gasteiger partial charge in [0.05, 0.1) is 12.3 Å². The smallest absolute Gasteiger partial charge is 0.259 e. The van der Waals surface area contributed by atoms with Crippen LogP contribution in [0.1, 0.15) is 37.7 Å². The summed E-state index contributed by atoms with van der Waals surface area (Å²) in [5.41, 5.74) is 2.99. The fourth-order valence-electron chi connectivity index (χ4n) is 3.23. The summed E-state index contributed by atoms with van der Waals surface area (Å²) in [5, 5.41) is 1.97. The van der Waals surface area contributed by atoms with Crippen LogP contribution in [0.2, 0.25) is 0 Å². The van der Waals surface area contributed by atoms with Gasteiger partial charge in [-0.05, 0) is 37.5 Å². The topological polar surface area (TPSA) is 46.8 Å². The largest absolute Gasteiger partial charge is 0.494 e. The Bertz CT molecular complexity index is 944. The first-order valence-electron chi connectivity index (χ1n) is 9.37. The molecule has 27 heavy (non-hydrogen) atoms. The minimum atomic E-state index is -0.000635. The number of ether oxygens (including phenoxy) is 1. The second-order valence-corrected chi connectivity index (χ2v) is 8.06. The van der Waals surface area contributed by atoms with E-state index in [9.17, 15) is 4.79 Å². The molecule has 6 heteroatoms. The van der Waals surface area contributed by atoms with E-state index in [1.165, 1.54) is 16.9 Å². The van der Waals surface area contributed by atoms with Crippen molar-refractivity contribution in [1.29, 1.82) is 0 Å². The van der Waals surface area contributed by atoms with Gasteiger partial charge < -0.3 is 4.74 Å². The third kappa shape index (κ3) is 4.96. The van der Waals surface area contributed by atoms with Crippen LogP contribution in [0.3, 0.4) is 0 Å². The maximum atomic E-state index is 12.4. The lowest BCUT2D eigenvalue weighted by atomic mass is 10.1. The van der Waals surface area contributed by atoms with E-state index < -0.39 is 0 Å². The monoisotopic (exact) mass is 385 g/mol. The third-order valence-corrected chi connectivity index (χ3v) is 5.22. The summed E-state index contributed by atoms with van der Waals surface area (Å²) in [6.07, 6.45) is 0. The lowest BCUT2D eigenvalue weighted by Crippen LogP contribution is -2.28. The maximum Gasteiger partial charge on any atom is 0.259 e. The van der Waals surface area contributed by atoms with Gasteiger partial charge in [-0.25, -0.2) is 4.98 Å². The highest BCUT2D eigenvalue weighted by molar-refractivity contribution is 7.15. The SMILES string of the molecule is CCOc1ccc(CN(Cc2cc(=O)n3c(C)csc3n2)CC(C)C)cc1. The van der Waals surface area contributed by atoms with Crippen LogP contribution in [0.25, 0.3) is 4.96 Å². The van der Waals surface area contributed by atoms with Crippen LogP contribution in [0.5, 0.6) is 5.75 Å². The minimum absolute atomic E-state index is 0.000635. The van der Waals surface area contributed by atoms with E-state index in [4.69, 9.17) is 9.72 Å². The molecule has 0 saturated carbocycles. The van der Waals surface area contributed by atoms with Gasteiger partial charge in [0.25, 0.3) is 5.56 Å². The van der Waals surface area contributed by atoms with Crippen LogP contribution in [-0.4, -0.2) is 27.4 Å². The number of aryl methyl sites for hydroxylation is 1. The summed E-state index contributed by atoms with van der Waals surface area (Å²) < 4.78 is 7.20. The molecule has 0 atom stereocenters. The Balaban J connectivity index is 1.79. The van der Waals surface area contributed by atoms with Gasteiger partial charge in [-0.3, -0.25) is 14.1 Å². The number of hydrogen-bond donors (Lipinski definition) is 0. The molecule has 1 aromatic carbocycles. The molecule has 2 aromatic heterocycles. The van der Waals surface area contributed by atoms with Crippen LogP contribution in [0, 0.1) is 12.8 Å². The van der Waals surface area contributed by atoms with Crippen LogP contribution in [0.4, 0.5) is 0 Å². The summed E-state index contributed by atoms with van der Waals surface area (Å²) in [6, 6.07) is 9.89. The molecule has 3 aromatic rings. The van der Waals surface area contributed by atoms with Crippen LogP contribution in [-0.2, 0) is 13.1 Å². The molecule has 144 valence electrons. The highest BCUT2D eigenvalue weighted by Crippen LogP contribution is 2.17. The summed E-state index contributed by atoms with van der Waals surface area (Å²) in [4.78, 5) is 20.3. The van der Waals surface area contributed by atoms with E-state index >= 15 is 0 Å². The van der Waals surface area contributed by atoms with Crippen molar-refractivity contribution in [2.75, 3.05) is 13.2 Å². The maximum absolute atomic E-state index is 12.4. The zero-order chi connectivity index (χ0) is 19.4. The number of rotatable bonds is 8. The molecule has 0 radical (unpaired) electrons. The molecule has 0 aliphatic rings. The molecule has 0 spiro atoms. The molecular formula is C21H27N3O2S. The number of aromatic nitrogens is 2. The van der Waals surface area contributed by atoms with Gasteiger partial charge in [0.1, 0.15) is 5.75 Å². The van der Waals surface area contributed by atoms with Gasteiger partial charge in [0, 0.05) is 36.8 Å².